The normalized spacial score (nSPS) is 10.8. The third kappa shape index (κ3) is 4.63. The van der Waals surface area contributed by atoms with Gasteiger partial charge in [-0.1, -0.05) is 41.4 Å². The van der Waals surface area contributed by atoms with E-state index in [1.165, 1.54) is 0 Å². The molecule has 0 unspecified atom stereocenters. The first kappa shape index (κ1) is 21.5. The number of pyridine rings is 1. The summed E-state index contributed by atoms with van der Waals surface area (Å²) in [5.74, 6) is 0.587. The zero-order valence-electron chi connectivity index (χ0n) is 16.3. The Kier molecular flexibility index (Phi) is 6.36. The van der Waals surface area contributed by atoms with Crippen LogP contribution in [-0.2, 0) is 6.61 Å². The van der Waals surface area contributed by atoms with Gasteiger partial charge in [-0.15, -0.1) is 0 Å². The van der Waals surface area contributed by atoms with Crippen LogP contribution in [0.25, 0.3) is 5.65 Å². The highest BCUT2D eigenvalue weighted by Crippen LogP contribution is 2.33. The van der Waals surface area contributed by atoms with Gasteiger partial charge in [0.2, 0.25) is 0 Å². The number of anilines is 2. The lowest BCUT2D eigenvalue weighted by Gasteiger charge is -2.14. The number of ether oxygens (including phenoxy) is 1. The second-order valence-electron chi connectivity index (χ2n) is 6.68. The highest BCUT2D eigenvalue weighted by Gasteiger charge is 2.16. The number of halogens is 3. The number of aryl methyl sites for hydroxylation is 1. The number of nitrogens with one attached hydrogen (secondary N) is 2. The molecular formula is C22H17BrCl2N4O2. The van der Waals surface area contributed by atoms with E-state index >= 15 is 0 Å². The molecule has 0 bridgehead atoms. The molecule has 2 heterocycles. The number of urea groups is 1. The van der Waals surface area contributed by atoms with Gasteiger partial charge in [-0.2, -0.15) is 0 Å². The Morgan fingerprint density at radius 2 is 1.87 bits per heavy atom. The van der Waals surface area contributed by atoms with Gasteiger partial charge in [0.1, 0.15) is 11.2 Å². The fraction of sp³-hybridized carbons (Fsp3) is 0.0909. The van der Waals surface area contributed by atoms with Gasteiger partial charge in [-0.3, -0.25) is 4.40 Å². The first-order valence-corrected chi connectivity index (χ1v) is 10.8. The predicted molar refractivity (Wildman–Crippen MR) is 128 cm³/mol. The number of rotatable bonds is 5. The number of imidazole rings is 1. The van der Waals surface area contributed by atoms with E-state index in [2.05, 4.69) is 31.5 Å². The average molecular weight is 520 g/mol. The van der Waals surface area contributed by atoms with E-state index in [0.29, 0.717) is 38.4 Å². The van der Waals surface area contributed by atoms with Crippen LogP contribution < -0.4 is 15.4 Å². The largest absolute Gasteiger partial charge is 0.485 e. The number of fused-ring (bicyclic) bond motifs is 1. The van der Waals surface area contributed by atoms with Gasteiger partial charge < -0.3 is 15.4 Å². The zero-order valence-corrected chi connectivity index (χ0v) is 19.4. The van der Waals surface area contributed by atoms with Crippen molar-refractivity contribution in [1.29, 1.82) is 0 Å². The molecule has 0 aliphatic rings. The van der Waals surface area contributed by atoms with Crippen molar-refractivity contribution in [1.82, 2.24) is 9.38 Å². The second kappa shape index (κ2) is 9.18. The summed E-state index contributed by atoms with van der Waals surface area (Å²) in [6.45, 7) is 2.01. The minimum atomic E-state index is -0.412. The third-order valence-corrected chi connectivity index (χ3v) is 6.29. The van der Waals surface area contributed by atoms with Gasteiger partial charge in [0.05, 0.1) is 16.4 Å². The molecule has 4 rings (SSSR count). The minimum Gasteiger partial charge on any atom is -0.485 e. The number of benzene rings is 2. The van der Waals surface area contributed by atoms with Crippen LogP contribution in [0, 0.1) is 6.92 Å². The maximum absolute atomic E-state index is 12.3. The van der Waals surface area contributed by atoms with Crippen molar-refractivity contribution in [3.63, 3.8) is 0 Å². The quantitative estimate of drug-likeness (QED) is 0.300. The molecule has 2 aromatic heterocycles. The molecule has 2 aromatic carbocycles. The maximum Gasteiger partial charge on any atom is 0.323 e. The van der Waals surface area contributed by atoms with E-state index in [0.717, 1.165) is 10.3 Å². The van der Waals surface area contributed by atoms with E-state index < -0.39 is 6.03 Å². The third-order valence-electron chi connectivity index (χ3n) is 4.55. The van der Waals surface area contributed by atoms with Gasteiger partial charge in [0, 0.05) is 22.5 Å². The SMILES string of the molecule is Cc1nc2c(OCc3c(Cl)ccc(NC(=O)Nc4ccccc4)c3Cl)cccn2c1Br. The lowest BCUT2D eigenvalue weighted by atomic mass is 10.2. The van der Waals surface area contributed by atoms with Crippen molar-refractivity contribution in [2.75, 3.05) is 10.6 Å². The summed E-state index contributed by atoms with van der Waals surface area (Å²) in [4.78, 5) is 16.9. The Bertz CT molecular complexity index is 1260. The molecule has 0 fully saturated rings. The van der Waals surface area contributed by atoms with Crippen molar-refractivity contribution in [3.05, 3.63) is 86.7 Å². The van der Waals surface area contributed by atoms with E-state index in [1.54, 1.807) is 24.3 Å². The summed E-state index contributed by atoms with van der Waals surface area (Å²) < 4.78 is 8.74. The molecule has 0 saturated carbocycles. The van der Waals surface area contributed by atoms with Crippen molar-refractivity contribution in [2.45, 2.75) is 13.5 Å². The summed E-state index contributed by atoms with van der Waals surface area (Å²) in [6.07, 6.45) is 1.89. The standard InChI is InChI=1S/C22H17BrCl2N4O2/c1-13-20(23)29-11-5-8-18(21(29)26-13)31-12-15-16(24)9-10-17(19(15)25)28-22(30)27-14-6-3-2-4-7-14/h2-11H,12H2,1H3,(H2,27,28,30). The molecule has 0 aliphatic carbocycles. The van der Waals surface area contributed by atoms with Gasteiger partial charge in [-0.25, -0.2) is 9.78 Å². The Balaban J connectivity index is 1.53. The van der Waals surface area contributed by atoms with Crippen molar-refractivity contribution in [2.24, 2.45) is 0 Å². The lowest BCUT2D eigenvalue weighted by Crippen LogP contribution is -2.19. The molecule has 4 aromatic rings. The van der Waals surface area contributed by atoms with Crippen LogP contribution in [0.15, 0.2) is 65.4 Å². The lowest BCUT2D eigenvalue weighted by molar-refractivity contribution is 0.262. The zero-order chi connectivity index (χ0) is 22.0. The predicted octanol–water partition coefficient (Wildman–Crippen LogP) is 6.94. The van der Waals surface area contributed by atoms with Crippen LogP contribution in [-0.4, -0.2) is 15.4 Å². The van der Waals surface area contributed by atoms with Crippen LogP contribution >= 0.6 is 39.1 Å². The van der Waals surface area contributed by atoms with Gasteiger partial charge in [0.15, 0.2) is 11.4 Å². The first-order chi connectivity index (χ1) is 14.9. The molecule has 0 aliphatic heterocycles. The van der Waals surface area contributed by atoms with E-state index in [1.807, 2.05) is 47.9 Å². The molecule has 6 nitrogen and oxygen atoms in total. The number of carbonyl (C=O) groups excluding carboxylic acids is 1. The van der Waals surface area contributed by atoms with E-state index in [-0.39, 0.29) is 6.61 Å². The highest BCUT2D eigenvalue weighted by molar-refractivity contribution is 9.10. The van der Waals surface area contributed by atoms with Crippen LogP contribution in [0.2, 0.25) is 10.0 Å². The monoisotopic (exact) mass is 518 g/mol. The molecule has 9 heteroatoms. The Hall–Kier alpha value is -2.74. The Labute approximate surface area is 197 Å². The van der Waals surface area contributed by atoms with E-state index in [4.69, 9.17) is 27.9 Å². The first-order valence-electron chi connectivity index (χ1n) is 9.30. The topological polar surface area (TPSA) is 67.7 Å². The fourth-order valence-electron chi connectivity index (χ4n) is 3.02. The number of carbonyl (C=O) groups is 1. The van der Waals surface area contributed by atoms with Crippen LogP contribution in [0.3, 0.4) is 0 Å². The van der Waals surface area contributed by atoms with Crippen molar-refractivity contribution < 1.29 is 9.53 Å². The molecule has 0 spiro atoms. The summed E-state index contributed by atoms with van der Waals surface area (Å²) in [6, 6.07) is 15.7. The number of hydrogen-bond acceptors (Lipinski definition) is 3. The van der Waals surface area contributed by atoms with Gasteiger partial charge in [0.25, 0.3) is 0 Å². The average Bonchev–Trinajstić information content (AvgIpc) is 3.05. The molecule has 31 heavy (non-hydrogen) atoms. The minimum absolute atomic E-state index is 0.108. The molecule has 2 amide bonds. The molecule has 2 N–H and O–H groups in total. The van der Waals surface area contributed by atoms with Crippen LogP contribution in [0.5, 0.6) is 5.75 Å². The fourth-order valence-corrected chi connectivity index (χ4v) is 3.92. The smallest absolute Gasteiger partial charge is 0.323 e. The van der Waals surface area contributed by atoms with Crippen LogP contribution in [0.4, 0.5) is 16.2 Å². The summed E-state index contributed by atoms with van der Waals surface area (Å²) in [5, 5.41) is 6.24. The molecule has 0 saturated heterocycles. The number of para-hydroxylation sites is 1. The molecular weight excluding hydrogens is 503 g/mol. The van der Waals surface area contributed by atoms with Gasteiger partial charge in [-0.05, 0) is 59.3 Å². The Morgan fingerprint density at radius 3 is 2.65 bits per heavy atom. The van der Waals surface area contributed by atoms with E-state index in [9.17, 15) is 4.79 Å². The number of nitrogens with zero attached hydrogens (tertiary/aromatic N) is 2. The summed E-state index contributed by atoms with van der Waals surface area (Å²) in [5.41, 5.74) is 3.18. The van der Waals surface area contributed by atoms with Gasteiger partial charge >= 0.3 is 6.03 Å². The number of amides is 2. The number of hydrogen-bond donors (Lipinski definition) is 2. The van der Waals surface area contributed by atoms with Crippen molar-refractivity contribution in [3.8, 4) is 5.75 Å². The maximum atomic E-state index is 12.3. The molecule has 0 atom stereocenters. The van der Waals surface area contributed by atoms with Crippen LogP contribution in [0.1, 0.15) is 11.3 Å². The Morgan fingerprint density at radius 1 is 1.10 bits per heavy atom. The summed E-state index contributed by atoms with van der Waals surface area (Å²) >= 11 is 16.4. The second-order valence-corrected chi connectivity index (χ2v) is 8.21. The molecule has 0 radical (unpaired) electrons. The molecule has 158 valence electrons. The number of aromatic nitrogens is 2. The van der Waals surface area contributed by atoms with Crippen molar-refractivity contribution >= 4 is 62.2 Å². The highest BCUT2D eigenvalue weighted by atomic mass is 79.9. The summed E-state index contributed by atoms with van der Waals surface area (Å²) in [7, 11) is 0.